The van der Waals surface area contributed by atoms with Gasteiger partial charge in [-0.2, -0.15) is 0 Å². The minimum atomic E-state index is 0.210. The van der Waals surface area contributed by atoms with Gasteiger partial charge in [0.2, 0.25) is 0 Å². The Hall–Kier alpha value is -1.64. The highest BCUT2D eigenvalue weighted by atomic mass is 15.0. The van der Waals surface area contributed by atoms with Gasteiger partial charge in [-0.25, -0.2) is 0 Å². The van der Waals surface area contributed by atoms with Gasteiger partial charge in [0.1, 0.15) is 0 Å². The number of rotatable bonds is 0. The molecule has 4 atom stereocenters. The van der Waals surface area contributed by atoms with Gasteiger partial charge in [0, 0.05) is 11.1 Å². The lowest BCUT2D eigenvalue weighted by Gasteiger charge is -2.46. The van der Waals surface area contributed by atoms with E-state index in [-0.39, 0.29) is 11.1 Å². The van der Waals surface area contributed by atoms with E-state index in [0.717, 1.165) is 0 Å². The van der Waals surface area contributed by atoms with E-state index in [1.54, 1.807) is 11.1 Å². The van der Waals surface area contributed by atoms with Gasteiger partial charge in [-0.1, -0.05) is 62.4 Å². The quantitative estimate of drug-likeness (QED) is 0.591. The second kappa shape index (κ2) is 6.93. The molecule has 2 aromatic carbocycles. The third-order valence-electron chi connectivity index (χ3n) is 9.46. The fraction of sp³-hybridized carbons (Fsp3) is 0.571. The Labute approximate surface area is 182 Å². The zero-order valence-electron chi connectivity index (χ0n) is 19.3. The van der Waals surface area contributed by atoms with Crippen molar-refractivity contribution in [3.63, 3.8) is 0 Å². The molecule has 2 aromatic rings. The summed E-state index contributed by atoms with van der Waals surface area (Å²) in [5, 5.41) is 7.51. The molecule has 2 saturated heterocycles. The first-order chi connectivity index (χ1) is 14.3. The average molecular weight is 403 g/mol. The van der Waals surface area contributed by atoms with Crippen LogP contribution in [0.4, 0.5) is 0 Å². The van der Waals surface area contributed by atoms with Crippen molar-refractivity contribution in [2.75, 3.05) is 13.1 Å². The fourth-order valence-electron chi connectivity index (χ4n) is 7.10. The maximum atomic E-state index is 3.75. The van der Waals surface area contributed by atoms with Gasteiger partial charge in [0.25, 0.3) is 0 Å². The molecule has 30 heavy (non-hydrogen) atoms. The molecule has 0 amide bonds. The van der Waals surface area contributed by atoms with Crippen LogP contribution in [0.15, 0.2) is 48.5 Å². The molecular weight excluding hydrogens is 364 g/mol. The van der Waals surface area contributed by atoms with Crippen LogP contribution in [0.3, 0.4) is 0 Å². The van der Waals surface area contributed by atoms with Crippen LogP contribution in [-0.4, -0.2) is 13.1 Å². The first kappa shape index (κ1) is 20.3. The first-order valence-electron chi connectivity index (χ1n) is 12.0. The molecule has 0 bridgehead atoms. The number of benzene rings is 2. The van der Waals surface area contributed by atoms with Crippen LogP contribution in [0.1, 0.15) is 75.6 Å². The predicted octanol–water partition coefficient (Wildman–Crippen LogP) is 5.70. The minimum absolute atomic E-state index is 0.210. The van der Waals surface area contributed by atoms with Crippen molar-refractivity contribution in [3.8, 4) is 0 Å². The Morgan fingerprint density at radius 3 is 1.43 bits per heavy atom. The SMILES string of the molecule is C[C@@]12CCCN[C@]1(C)c1ccccc1C2.C[C@]12CCCN[C@@]1(C)c1ccccc1C2. The predicted molar refractivity (Wildman–Crippen MR) is 126 cm³/mol. The summed E-state index contributed by atoms with van der Waals surface area (Å²) < 4.78 is 0. The van der Waals surface area contributed by atoms with E-state index in [0.29, 0.717) is 10.8 Å². The molecule has 0 saturated carbocycles. The lowest BCUT2D eigenvalue weighted by atomic mass is 9.67. The van der Waals surface area contributed by atoms with Crippen molar-refractivity contribution >= 4 is 0 Å². The highest BCUT2D eigenvalue weighted by Gasteiger charge is 2.53. The number of nitrogens with one attached hydrogen (secondary N) is 2. The van der Waals surface area contributed by atoms with E-state index in [9.17, 15) is 0 Å². The summed E-state index contributed by atoms with van der Waals surface area (Å²) in [6.45, 7) is 12.0. The Balaban J connectivity index is 0.000000128. The molecule has 2 heteroatoms. The molecule has 0 radical (unpaired) electrons. The van der Waals surface area contributed by atoms with Crippen LogP contribution < -0.4 is 10.6 Å². The van der Waals surface area contributed by atoms with Crippen molar-refractivity contribution in [2.24, 2.45) is 10.8 Å². The second-order valence-corrected chi connectivity index (χ2v) is 11.1. The van der Waals surface area contributed by atoms with E-state index < -0.39 is 0 Å². The van der Waals surface area contributed by atoms with E-state index in [2.05, 4.69) is 86.9 Å². The van der Waals surface area contributed by atoms with Crippen LogP contribution in [0.25, 0.3) is 0 Å². The molecule has 6 rings (SSSR count). The average Bonchev–Trinajstić information content (AvgIpc) is 3.13. The maximum Gasteiger partial charge on any atom is 0.0466 e. The molecule has 0 aromatic heterocycles. The Kier molecular flexibility index (Phi) is 4.69. The van der Waals surface area contributed by atoms with E-state index in [4.69, 9.17) is 0 Å². The number of hydrogen-bond acceptors (Lipinski definition) is 2. The van der Waals surface area contributed by atoms with Gasteiger partial charge in [-0.05, 0) is 98.5 Å². The normalized spacial score (nSPS) is 38.5. The van der Waals surface area contributed by atoms with Crippen molar-refractivity contribution in [2.45, 2.75) is 77.3 Å². The standard InChI is InChI=1S/2C14H19N/c2*1-13-8-5-9-15-14(13,2)12-7-4-3-6-11(12)10-13/h2*3-4,6-7,15H,5,8-10H2,1-2H3/t2*13-,14+/m10/s1. The molecule has 2 aliphatic heterocycles. The monoisotopic (exact) mass is 402 g/mol. The molecule has 2 nitrogen and oxygen atoms in total. The van der Waals surface area contributed by atoms with Crippen molar-refractivity contribution in [3.05, 3.63) is 70.8 Å². The Morgan fingerprint density at radius 2 is 1.00 bits per heavy atom. The van der Waals surface area contributed by atoms with Crippen LogP contribution in [0.5, 0.6) is 0 Å². The number of fused-ring (bicyclic) bond motifs is 6. The van der Waals surface area contributed by atoms with Crippen molar-refractivity contribution < 1.29 is 0 Å². The summed E-state index contributed by atoms with van der Waals surface area (Å²) in [7, 11) is 0. The molecule has 0 unspecified atom stereocenters. The fourth-order valence-corrected chi connectivity index (χ4v) is 7.10. The first-order valence-corrected chi connectivity index (χ1v) is 12.0. The van der Waals surface area contributed by atoms with Crippen molar-refractivity contribution in [1.82, 2.24) is 10.6 Å². The molecule has 0 spiro atoms. The van der Waals surface area contributed by atoms with Gasteiger partial charge < -0.3 is 10.6 Å². The summed E-state index contributed by atoms with van der Waals surface area (Å²) in [6, 6.07) is 17.9. The van der Waals surface area contributed by atoms with Gasteiger partial charge in [-0.3, -0.25) is 0 Å². The zero-order chi connectivity index (χ0) is 21.0. The highest BCUT2D eigenvalue weighted by Crippen LogP contribution is 2.55. The molecule has 2 fully saturated rings. The van der Waals surface area contributed by atoms with E-state index >= 15 is 0 Å². The topological polar surface area (TPSA) is 24.1 Å². The molecule has 160 valence electrons. The van der Waals surface area contributed by atoms with Crippen molar-refractivity contribution in [1.29, 1.82) is 0 Å². The largest absolute Gasteiger partial charge is 0.307 e. The van der Waals surface area contributed by atoms with E-state index in [1.807, 2.05) is 0 Å². The zero-order valence-corrected chi connectivity index (χ0v) is 19.3. The Morgan fingerprint density at radius 1 is 0.600 bits per heavy atom. The molecule has 2 heterocycles. The molecular formula is C28H38N2. The van der Waals surface area contributed by atoms with Crippen LogP contribution >= 0.6 is 0 Å². The summed E-state index contributed by atoms with van der Waals surface area (Å²) in [5.74, 6) is 0. The third kappa shape index (κ3) is 2.76. The lowest BCUT2D eigenvalue weighted by molar-refractivity contribution is 0.0887. The summed E-state index contributed by atoms with van der Waals surface area (Å²) in [4.78, 5) is 0. The second-order valence-electron chi connectivity index (χ2n) is 11.1. The summed E-state index contributed by atoms with van der Waals surface area (Å²) >= 11 is 0. The number of hydrogen-bond donors (Lipinski definition) is 2. The van der Waals surface area contributed by atoms with Gasteiger partial charge in [-0.15, -0.1) is 0 Å². The summed E-state index contributed by atoms with van der Waals surface area (Å²) in [6.07, 6.45) is 7.83. The maximum absolute atomic E-state index is 3.75. The molecule has 2 aliphatic carbocycles. The van der Waals surface area contributed by atoms with E-state index in [1.165, 1.54) is 62.7 Å². The van der Waals surface area contributed by atoms with Crippen LogP contribution in [0, 0.1) is 10.8 Å². The van der Waals surface area contributed by atoms with Gasteiger partial charge >= 0.3 is 0 Å². The smallest absolute Gasteiger partial charge is 0.0466 e. The molecule has 2 N–H and O–H groups in total. The Bertz CT molecular complexity index is 874. The lowest BCUT2D eigenvalue weighted by Crippen LogP contribution is -2.53. The minimum Gasteiger partial charge on any atom is -0.307 e. The van der Waals surface area contributed by atoms with Gasteiger partial charge in [0.05, 0.1) is 0 Å². The van der Waals surface area contributed by atoms with Crippen LogP contribution in [-0.2, 0) is 23.9 Å². The highest BCUT2D eigenvalue weighted by molar-refractivity contribution is 5.43. The third-order valence-corrected chi connectivity index (χ3v) is 9.46. The number of piperidine rings is 2. The summed E-state index contributed by atoms with van der Waals surface area (Å²) in [5.41, 5.74) is 7.45. The molecule has 4 aliphatic rings. The van der Waals surface area contributed by atoms with Gasteiger partial charge in [0.15, 0.2) is 0 Å². The van der Waals surface area contributed by atoms with Crippen LogP contribution in [0.2, 0.25) is 0 Å².